The highest BCUT2D eigenvalue weighted by Crippen LogP contribution is 2.36. The van der Waals surface area contributed by atoms with Crippen LogP contribution in [0.5, 0.6) is 0 Å². The van der Waals surface area contributed by atoms with E-state index in [1.165, 1.54) is 5.56 Å². The third kappa shape index (κ3) is 3.24. The molecule has 0 aliphatic carbocycles. The molecule has 3 rings (SSSR count). The Morgan fingerprint density at radius 2 is 1.83 bits per heavy atom. The van der Waals surface area contributed by atoms with Gasteiger partial charge < -0.3 is 10.2 Å². The van der Waals surface area contributed by atoms with Crippen molar-refractivity contribution in [1.82, 2.24) is 4.90 Å². The monoisotopic (exact) mass is 384 g/mol. The standard InChI is InChI=1S/C20H21BrN2O/c1-20(2)13-14-8-4-5-9-15(14)18(23(20)3)12-19(24)22-17-11-7-6-10-16(17)21/h4-12H,13H2,1-3H3,(H,22,24). The fraction of sp³-hybridized carbons (Fsp3) is 0.250. The fourth-order valence-corrected chi connectivity index (χ4v) is 3.43. The lowest BCUT2D eigenvalue weighted by molar-refractivity contribution is -0.111. The minimum Gasteiger partial charge on any atom is -0.368 e. The number of carbonyl (C=O) groups is 1. The van der Waals surface area contributed by atoms with Crippen molar-refractivity contribution < 1.29 is 4.79 Å². The van der Waals surface area contributed by atoms with Crippen LogP contribution in [-0.2, 0) is 11.2 Å². The van der Waals surface area contributed by atoms with Crippen molar-refractivity contribution in [2.45, 2.75) is 25.8 Å². The van der Waals surface area contributed by atoms with Gasteiger partial charge in [-0.3, -0.25) is 4.79 Å². The molecule has 1 heterocycles. The lowest BCUT2D eigenvalue weighted by Crippen LogP contribution is -2.45. The van der Waals surface area contributed by atoms with Gasteiger partial charge in [0, 0.05) is 34.4 Å². The van der Waals surface area contributed by atoms with Gasteiger partial charge in [-0.15, -0.1) is 0 Å². The Balaban J connectivity index is 1.96. The number of anilines is 1. The number of fused-ring (bicyclic) bond motifs is 1. The van der Waals surface area contributed by atoms with E-state index in [9.17, 15) is 4.79 Å². The van der Waals surface area contributed by atoms with Gasteiger partial charge in [-0.05, 0) is 53.9 Å². The van der Waals surface area contributed by atoms with Crippen LogP contribution >= 0.6 is 15.9 Å². The Morgan fingerprint density at radius 3 is 2.58 bits per heavy atom. The highest BCUT2D eigenvalue weighted by molar-refractivity contribution is 9.10. The average Bonchev–Trinajstić information content (AvgIpc) is 2.54. The molecular weight excluding hydrogens is 364 g/mol. The first-order valence-corrected chi connectivity index (χ1v) is 8.77. The summed E-state index contributed by atoms with van der Waals surface area (Å²) in [5.74, 6) is -0.128. The van der Waals surface area contributed by atoms with Gasteiger partial charge in [-0.2, -0.15) is 0 Å². The van der Waals surface area contributed by atoms with E-state index in [2.05, 4.69) is 58.2 Å². The maximum atomic E-state index is 12.6. The molecule has 0 bridgehead atoms. The highest BCUT2D eigenvalue weighted by Gasteiger charge is 2.33. The minimum atomic E-state index is -0.128. The summed E-state index contributed by atoms with van der Waals surface area (Å²) in [7, 11) is 2.05. The van der Waals surface area contributed by atoms with E-state index < -0.39 is 0 Å². The first-order valence-electron chi connectivity index (χ1n) is 7.98. The topological polar surface area (TPSA) is 32.3 Å². The summed E-state index contributed by atoms with van der Waals surface area (Å²) in [4.78, 5) is 14.8. The van der Waals surface area contributed by atoms with Crippen molar-refractivity contribution in [3.8, 4) is 0 Å². The van der Waals surface area contributed by atoms with Gasteiger partial charge in [-0.1, -0.05) is 36.4 Å². The van der Waals surface area contributed by atoms with Crippen LogP contribution in [0.15, 0.2) is 59.1 Å². The molecule has 4 heteroatoms. The molecule has 0 saturated carbocycles. The van der Waals surface area contributed by atoms with Gasteiger partial charge >= 0.3 is 0 Å². The number of para-hydroxylation sites is 1. The summed E-state index contributed by atoms with van der Waals surface area (Å²) in [6, 6.07) is 15.9. The van der Waals surface area contributed by atoms with Crippen LogP contribution in [0.2, 0.25) is 0 Å². The number of halogens is 1. The van der Waals surface area contributed by atoms with Crippen LogP contribution in [0.3, 0.4) is 0 Å². The summed E-state index contributed by atoms with van der Waals surface area (Å²) in [5, 5.41) is 2.95. The van der Waals surface area contributed by atoms with Crippen molar-refractivity contribution in [3.05, 3.63) is 70.2 Å². The molecule has 3 nitrogen and oxygen atoms in total. The van der Waals surface area contributed by atoms with Crippen LogP contribution in [-0.4, -0.2) is 23.4 Å². The molecule has 124 valence electrons. The third-order valence-corrected chi connectivity index (χ3v) is 5.28. The molecule has 0 saturated heterocycles. The number of nitrogens with one attached hydrogen (secondary N) is 1. The fourth-order valence-electron chi connectivity index (χ4n) is 3.05. The molecule has 1 amide bonds. The smallest absolute Gasteiger partial charge is 0.250 e. The number of amides is 1. The number of rotatable bonds is 2. The lowest BCUT2D eigenvalue weighted by Gasteiger charge is -2.44. The second-order valence-corrected chi connectivity index (χ2v) is 7.56. The van der Waals surface area contributed by atoms with Gasteiger partial charge in [0.2, 0.25) is 5.91 Å². The average molecular weight is 385 g/mol. The highest BCUT2D eigenvalue weighted by atomic mass is 79.9. The normalized spacial score (nSPS) is 17.5. The van der Waals surface area contributed by atoms with Crippen LogP contribution in [0.4, 0.5) is 5.69 Å². The molecule has 2 aromatic carbocycles. The predicted molar refractivity (Wildman–Crippen MR) is 103 cm³/mol. The van der Waals surface area contributed by atoms with Crippen molar-refractivity contribution >= 4 is 33.2 Å². The summed E-state index contributed by atoms with van der Waals surface area (Å²) in [6.07, 6.45) is 2.65. The minimum absolute atomic E-state index is 0.0339. The van der Waals surface area contributed by atoms with Gasteiger partial charge in [0.25, 0.3) is 0 Å². The van der Waals surface area contributed by atoms with E-state index in [1.54, 1.807) is 6.08 Å². The third-order valence-electron chi connectivity index (χ3n) is 4.59. The van der Waals surface area contributed by atoms with E-state index in [-0.39, 0.29) is 11.4 Å². The van der Waals surface area contributed by atoms with E-state index in [4.69, 9.17) is 0 Å². The molecule has 1 aliphatic rings. The van der Waals surface area contributed by atoms with Crippen molar-refractivity contribution in [3.63, 3.8) is 0 Å². The number of hydrogen-bond donors (Lipinski definition) is 1. The molecule has 0 atom stereocenters. The first kappa shape index (κ1) is 16.8. The zero-order valence-electron chi connectivity index (χ0n) is 14.1. The Morgan fingerprint density at radius 1 is 1.17 bits per heavy atom. The molecule has 24 heavy (non-hydrogen) atoms. The van der Waals surface area contributed by atoms with Gasteiger partial charge in [0.1, 0.15) is 0 Å². The zero-order valence-corrected chi connectivity index (χ0v) is 15.7. The molecule has 0 unspecified atom stereocenters. The quantitative estimate of drug-likeness (QED) is 0.761. The number of hydrogen-bond acceptors (Lipinski definition) is 2. The van der Waals surface area contributed by atoms with E-state index >= 15 is 0 Å². The predicted octanol–water partition coefficient (Wildman–Crippen LogP) is 4.70. The molecule has 2 aromatic rings. The Labute approximate surface area is 151 Å². The molecular formula is C20H21BrN2O. The Hall–Kier alpha value is -2.07. The summed E-state index contributed by atoms with van der Waals surface area (Å²) < 4.78 is 0.870. The van der Waals surface area contributed by atoms with Crippen LogP contribution in [0.1, 0.15) is 25.0 Å². The number of benzene rings is 2. The molecule has 0 aromatic heterocycles. The second-order valence-electron chi connectivity index (χ2n) is 6.70. The van der Waals surface area contributed by atoms with Crippen LogP contribution in [0.25, 0.3) is 5.70 Å². The van der Waals surface area contributed by atoms with Crippen LogP contribution < -0.4 is 5.32 Å². The zero-order chi connectivity index (χ0) is 17.3. The molecule has 1 N–H and O–H groups in total. The summed E-state index contributed by atoms with van der Waals surface area (Å²) >= 11 is 3.46. The maximum Gasteiger partial charge on any atom is 0.250 e. The van der Waals surface area contributed by atoms with Crippen molar-refractivity contribution in [2.75, 3.05) is 12.4 Å². The number of likely N-dealkylation sites (N-methyl/N-ethyl adjacent to an activating group) is 1. The van der Waals surface area contributed by atoms with Gasteiger partial charge in [0.05, 0.1) is 5.69 Å². The number of carbonyl (C=O) groups excluding carboxylic acids is 1. The SMILES string of the molecule is CN1C(=CC(=O)Nc2ccccc2Br)c2ccccc2CC1(C)C. The molecule has 1 aliphatic heterocycles. The maximum absolute atomic E-state index is 12.6. The molecule has 0 radical (unpaired) electrons. The van der Waals surface area contributed by atoms with Crippen molar-refractivity contribution in [2.24, 2.45) is 0 Å². The Kier molecular flexibility index (Phi) is 4.50. The van der Waals surface area contributed by atoms with E-state index in [1.807, 2.05) is 37.4 Å². The van der Waals surface area contributed by atoms with Crippen LogP contribution in [0, 0.1) is 0 Å². The number of nitrogens with zero attached hydrogens (tertiary/aromatic N) is 1. The van der Waals surface area contributed by atoms with E-state index in [0.29, 0.717) is 0 Å². The Bertz CT molecular complexity index is 811. The molecule has 0 fully saturated rings. The largest absolute Gasteiger partial charge is 0.368 e. The van der Waals surface area contributed by atoms with E-state index in [0.717, 1.165) is 27.8 Å². The van der Waals surface area contributed by atoms with Crippen molar-refractivity contribution in [1.29, 1.82) is 0 Å². The van der Waals surface area contributed by atoms with Gasteiger partial charge in [0.15, 0.2) is 0 Å². The molecule has 0 spiro atoms. The van der Waals surface area contributed by atoms with Gasteiger partial charge in [-0.25, -0.2) is 0 Å². The first-order chi connectivity index (χ1) is 11.4. The lowest BCUT2D eigenvalue weighted by atomic mass is 9.84. The summed E-state index contributed by atoms with van der Waals surface area (Å²) in [5.41, 5.74) is 4.09. The summed E-state index contributed by atoms with van der Waals surface area (Å²) in [6.45, 7) is 4.39. The second kappa shape index (κ2) is 6.44.